The summed E-state index contributed by atoms with van der Waals surface area (Å²) in [5, 5.41) is 19.5. The van der Waals surface area contributed by atoms with Crippen LogP contribution in [0.1, 0.15) is 5.56 Å². The number of aromatic hydroxyl groups is 1. The molecule has 6 heteroatoms. The number of hydrogen-bond acceptors (Lipinski definition) is 3. The number of nitro benzene ring substituents is 1. The number of phenols is 1. The molecule has 0 fully saturated rings. The number of benzene rings is 1. The Balaban J connectivity index is 3.23. The van der Waals surface area contributed by atoms with Gasteiger partial charge in [0.25, 0.3) is 0 Å². The molecule has 1 N–H and O–H groups in total. The van der Waals surface area contributed by atoms with Gasteiger partial charge in [-0.1, -0.05) is 12.2 Å². The molecule has 0 aliphatic carbocycles. The zero-order valence-corrected chi connectivity index (χ0v) is 8.24. The zero-order chi connectivity index (χ0) is 11.4. The highest BCUT2D eigenvalue weighted by Crippen LogP contribution is 2.29. The average Bonchev–Trinajstić information content (AvgIpc) is 2.16. The van der Waals surface area contributed by atoms with Crippen LogP contribution in [0.5, 0.6) is 5.75 Å². The summed E-state index contributed by atoms with van der Waals surface area (Å²) in [5.41, 5.74) is -0.522. The van der Waals surface area contributed by atoms with E-state index in [1.165, 1.54) is 12.2 Å². The Hall–Kier alpha value is -1.62. The largest absolute Gasteiger partial charge is 0.502 e. The Morgan fingerprint density at radius 2 is 2.27 bits per heavy atom. The molecular formula is C9H7ClFNO3. The van der Waals surface area contributed by atoms with Crippen LogP contribution in [0.15, 0.2) is 18.2 Å². The molecule has 0 aromatic heterocycles. The first kappa shape index (κ1) is 11.5. The summed E-state index contributed by atoms with van der Waals surface area (Å²) in [6, 6.07) is 1.65. The molecule has 1 aromatic carbocycles. The predicted octanol–water partition coefficient (Wildman–Crippen LogP) is 2.69. The second-order valence-corrected chi connectivity index (χ2v) is 2.98. The van der Waals surface area contributed by atoms with Crippen LogP contribution in [0, 0.1) is 15.9 Å². The zero-order valence-electron chi connectivity index (χ0n) is 7.48. The predicted molar refractivity (Wildman–Crippen MR) is 54.5 cm³/mol. The lowest BCUT2D eigenvalue weighted by Crippen LogP contribution is -1.92. The first-order valence-electron chi connectivity index (χ1n) is 3.95. The molecule has 80 valence electrons. The number of halogens is 2. The molecule has 0 heterocycles. The van der Waals surface area contributed by atoms with Crippen LogP contribution in [0.4, 0.5) is 10.1 Å². The summed E-state index contributed by atoms with van der Waals surface area (Å²) in [6.45, 7) is 0. The van der Waals surface area contributed by atoms with Crippen molar-refractivity contribution >= 4 is 23.4 Å². The van der Waals surface area contributed by atoms with Gasteiger partial charge in [-0.3, -0.25) is 10.1 Å². The van der Waals surface area contributed by atoms with E-state index in [9.17, 15) is 14.5 Å². The van der Waals surface area contributed by atoms with Gasteiger partial charge in [0.15, 0.2) is 5.75 Å². The van der Waals surface area contributed by atoms with E-state index >= 15 is 0 Å². The number of allylic oxidation sites excluding steroid dienone is 1. The summed E-state index contributed by atoms with van der Waals surface area (Å²) in [7, 11) is 0. The molecule has 0 saturated heterocycles. The van der Waals surface area contributed by atoms with Gasteiger partial charge in [0.1, 0.15) is 5.82 Å². The van der Waals surface area contributed by atoms with Crippen LogP contribution in [0.2, 0.25) is 0 Å². The number of alkyl halides is 1. The highest BCUT2D eigenvalue weighted by atomic mass is 35.5. The molecule has 0 atom stereocenters. The lowest BCUT2D eigenvalue weighted by molar-refractivity contribution is -0.385. The highest BCUT2D eigenvalue weighted by molar-refractivity contribution is 6.19. The first-order valence-corrected chi connectivity index (χ1v) is 4.49. The molecule has 0 aliphatic rings. The Labute approximate surface area is 89.8 Å². The second-order valence-electron chi connectivity index (χ2n) is 2.68. The third-order valence-electron chi connectivity index (χ3n) is 1.68. The van der Waals surface area contributed by atoms with Crippen molar-refractivity contribution in [2.75, 3.05) is 5.88 Å². The maximum Gasteiger partial charge on any atom is 0.311 e. The maximum absolute atomic E-state index is 13.1. The second kappa shape index (κ2) is 4.75. The van der Waals surface area contributed by atoms with E-state index < -0.39 is 22.2 Å². The normalized spacial score (nSPS) is 10.8. The van der Waals surface area contributed by atoms with Crippen LogP contribution < -0.4 is 0 Å². The SMILES string of the molecule is O=[N+]([O-])c1cc(C=CCCl)c(F)cc1O. The number of phenolic OH excluding ortho intramolecular Hbond substituents is 1. The van der Waals surface area contributed by atoms with Crippen molar-refractivity contribution < 1.29 is 14.4 Å². The molecular weight excluding hydrogens is 225 g/mol. The summed E-state index contributed by atoms with van der Waals surface area (Å²) in [6.07, 6.45) is 2.76. The van der Waals surface area contributed by atoms with Gasteiger partial charge in [0.05, 0.1) is 4.92 Å². The van der Waals surface area contributed by atoms with Gasteiger partial charge in [-0.25, -0.2) is 4.39 Å². The molecule has 4 nitrogen and oxygen atoms in total. The van der Waals surface area contributed by atoms with Gasteiger partial charge in [-0.2, -0.15) is 0 Å². The Bertz CT molecular complexity index is 420. The topological polar surface area (TPSA) is 63.4 Å². The maximum atomic E-state index is 13.1. The number of nitrogens with zero attached hydrogens (tertiary/aromatic N) is 1. The smallest absolute Gasteiger partial charge is 0.311 e. The minimum absolute atomic E-state index is 0.0140. The fourth-order valence-corrected chi connectivity index (χ4v) is 1.10. The van der Waals surface area contributed by atoms with E-state index in [4.69, 9.17) is 16.7 Å². The summed E-state index contributed by atoms with van der Waals surface area (Å²) < 4.78 is 13.1. The fraction of sp³-hybridized carbons (Fsp3) is 0.111. The van der Waals surface area contributed by atoms with Crippen LogP contribution in [-0.2, 0) is 0 Å². The van der Waals surface area contributed by atoms with Gasteiger partial charge in [0.2, 0.25) is 0 Å². The van der Waals surface area contributed by atoms with Crippen molar-refractivity contribution in [3.8, 4) is 5.75 Å². The van der Waals surface area contributed by atoms with Gasteiger partial charge < -0.3 is 5.11 Å². The van der Waals surface area contributed by atoms with Crippen molar-refractivity contribution in [3.63, 3.8) is 0 Å². The molecule has 0 bridgehead atoms. The minimum atomic E-state index is -0.785. The third kappa shape index (κ3) is 2.66. The number of nitro groups is 1. The average molecular weight is 232 g/mol. The third-order valence-corrected chi connectivity index (χ3v) is 1.86. The van der Waals surface area contributed by atoms with Crippen molar-refractivity contribution in [2.24, 2.45) is 0 Å². The molecule has 0 spiro atoms. The summed E-state index contributed by atoms with van der Waals surface area (Å²) in [4.78, 5) is 9.65. The van der Waals surface area contributed by atoms with Crippen molar-refractivity contribution in [1.82, 2.24) is 0 Å². The van der Waals surface area contributed by atoms with Gasteiger partial charge >= 0.3 is 5.69 Å². The van der Waals surface area contributed by atoms with Crippen LogP contribution in [-0.4, -0.2) is 15.9 Å². The molecule has 0 saturated carbocycles. The van der Waals surface area contributed by atoms with Crippen LogP contribution >= 0.6 is 11.6 Å². The van der Waals surface area contributed by atoms with E-state index in [-0.39, 0.29) is 11.4 Å². The summed E-state index contributed by atoms with van der Waals surface area (Å²) >= 11 is 5.34. The monoisotopic (exact) mass is 231 g/mol. The van der Waals surface area contributed by atoms with Crippen molar-refractivity contribution in [1.29, 1.82) is 0 Å². The molecule has 0 aliphatic heterocycles. The van der Waals surface area contributed by atoms with E-state index in [0.717, 1.165) is 6.07 Å². The quantitative estimate of drug-likeness (QED) is 0.494. The Morgan fingerprint density at radius 1 is 1.60 bits per heavy atom. The Kier molecular flexibility index (Phi) is 3.62. The Morgan fingerprint density at radius 3 is 2.80 bits per heavy atom. The van der Waals surface area contributed by atoms with Crippen molar-refractivity contribution in [3.05, 3.63) is 39.7 Å². The lowest BCUT2D eigenvalue weighted by atomic mass is 10.1. The van der Waals surface area contributed by atoms with Crippen LogP contribution in [0.3, 0.4) is 0 Å². The molecule has 15 heavy (non-hydrogen) atoms. The molecule has 1 aromatic rings. The van der Waals surface area contributed by atoms with Gasteiger partial charge in [0, 0.05) is 23.6 Å². The molecule has 0 radical (unpaired) electrons. The number of rotatable bonds is 3. The molecule has 1 rings (SSSR count). The van der Waals surface area contributed by atoms with Crippen molar-refractivity contribution in [2.45, 2.75) is 0 Å². The van der Waals surface area contributed by atoms with Gasteiger partial charge in [-0.15, -0.1) is 11.6 Å². The van der Waals surface area contributed by atoms with E-state index in [0.29, 0.717) is 6.07 Å². The van der Waals surface area contributed by atoms with E-state index in [2.05, 4.69) is 0 Å². The standard InChI is InChI=1S/C9H7ClFNO3/c10-3-1-2-6-4-8(12(14)15)9(13)5-7(6)11/h1-2,4-5,13H,3H2. The fourth-order valence-electron chi connectivity index (χ4n) is 1.01. The number of hydrogen-bond donors (Lipinski definition) is 1. The molecule has 0 amide bonds. The first-order chi connectivity index (χ1) is 7.06. The minimum Gasteiger partial charge on any atom is -0.502 e. The van der Waals surface area contributed by atoms with E-state index in [1.54, 1.807) is 0 Å². The van der Waals surface area contributed by atoms with Crippen LogP contribution in [0.25, 0.3) is 6.08 Å². The lowest BCUT2D eigenvalue weighted by Gasteiger charge is -1.99. The highest BCUT2D eigenvalue weighted by Gasteiger charge is 2.16. The van der Waals surface area contributed by atoms with Gasteiger partial charge in [-0.05, 0) is 0 Å². The summed E-state index contributed by atoms with van der Waals surface area (Å²) in [5.74, 6) is -1.26. The van der Waals surface area contributed by atoms with E-state index in [1.807, 2.05) is 0 Å². The molecule has 0 unspecified atom stereocenters.